The molecule has 6 heteroatoms. The third kappa shape index (κ3) is 4.78. The topological polar surface area (TPSA) is 69.8 Å². The van der Waals surface area contributed by atoms with Crippen LogP contribution in [0.3, 0.4) is 0 Å². The number of benzene rings is 2. The van der Waals surface area contributed by atoms with E-state index in [1.165, 1.54) is 0 Å². The first-order valence-corrected chi connectivity index (χ1v) is 9.30. The fraction of sp³-hybridized carbons (Fsp3) is 0.333. The lowest BCUT2D eigenvalue weighted by atomic mass is 10.2. The lowest BCUT2D eigenvalue weighted by molar-refractivity contribution is -0.898. The molecule has 1 amide bonds. The lowest BCUT2D eigenvalue weighted by Gasteiger charge is -2.34. The zero-order valence-corrected chi connectivity index (χ0v) is 15.6. The summed E-state index contributed by atoms with van der Waals surface area (Å²) in [7, 11) is 0. The first-order chi connectivity index (χ1) is 13.2. The minimum atomic E-state index is -0.243. The number of nitrogens with zero attached hydrogens (tertiary/aromatic N) is 2. The predicted octanol–water partition coefficient (Wildman–Crippen LogP) is 1.30. The summed E-state index contributed by atoms with van der Waals surface area (Å²) in [5, 5.41) is 12.0. The molecule has 0 aromatic heterocycles. The molecule has 1 heterocycles. The van der Waals surface area contributed by atoms with Crippen LogP contribution in [0.15, 0.2) is 48.5 Å². The Kier molecular flexibility index (Phi) is 6.29. The summed E-state index contributed by atoms with van der Waals surface area (Å²) < 4.78 is 5.52. The summed E-state index contributed by atoms with van der Waals surface area (Å²) in [6.07, 6.45) is 0. The normalized spacial score (nSPS) is 14.4. The van der Waals surface area contributed by atoms with Gasteiger partial charge in [0.15, 0.2) is 6.61 Å². The molecule has 140 valence electrons. The molecule has 6 nitrogen and oxygen atoms in total. The summed E-state index contributed by atoms with van der Waals surface area (Å²) in [5.41, 5.74) is 2.25. The second-order valence-electron chi connectivity index (χ2n) is 6.55. The molecule has 2 aromatic rings. The second-order valence-corrected chi connectivity index (χ2v) is 6.55. The van der Waals surface area contributed by atoms with Gasteiger partial charge in [-0.15, -0.1) is 0 Å². The highest BCUT2D eigenvalue weighted by Crippen LogP contribution is 2.25. The maximum atomic E-state index is 12.4. The Morgan fingerprint density at radius 1 is 1.19 bits per heavy atom. The van der Waals surface area contributed by atoms with Gasteiger partial charge in [-0.05, 0) is 31.2 Å². The minimum absolute atomic E-state index is 0.138. The van der Waals surface area contributed by atoms with Crippen LogP contribution in [-0.4, -0.2) is 45.2 Å². The van der Waals surface area contributed by atoms with Crippen molar-refractivity contribution in [3.05, 3.63) is 54.1 Å². The van der Waals surface area contributed by atoms with Gasteiger partial charge in [0, 0.05) is 0 Å². The van der Waals surface area contributed by atoms with Crippen LogP contribution in [0, 0.1) is 11.3 Å². The van der Waals surface area contributed by atoms with Crippen molar-refractivity contribution in [3.8, 4) is 11.8 Å². The predicted molar refractivity (Wildman–Crippen MR) is 105 cm³/mol. The van der Waals surface area contributed by atoms with E-state index in [1.807, 2.05) is 24.3 Å². The van der Waals surface area contributed by atoms with E-state index in [1.54, 1.807) is 29.2 Å². The van der Waals surface area contributed by atoms with E-state index in [0.29, 0.717) is 11.3 Å². The number of piperazine rings is 1. The van der Waals surface area contributed by atoms with Crippen molar-refractivity contribution in [2.45, 2.75) is 6.92 Å². The molecule has 0 unspecified atom stereocenters. The molecule has 2 N–H and O–H groups in total. The first-order valence-electron chi connectivity index (χ1n) is 9.30. The molecule has 0 saturated carbocycles. The van der Waals surface area contributed by atoms with E-state index < -0.39 is 0 Å². The molecular formula is C21H25N4O2+. The van der Waals surface area contributed by atoms with Gasteiger partial charge in [-0.1, -0.05) is 24.3 Å². The van der Waals surface area contributed by atoms with Crippen molar-refractivity contribution in [1.82, 2.24) is 0 Å². The van der Waals surface area contributed by atoms with Crippen molar-refractivity contribution in [3.63, 3.8) is 0 Å². The van der Waals surface area contributed by atoms with Crippen molar-refractivity contribution in [2.24, 2.45) is 0 Å². The molecule has 3 rings (SSSR count). The van der Waals surface area contributed by atoms with E-state index in [-0.39, 0.29) is 12.5 Å². The molecule has 2 aromatic carbocycles. The average Bonchev–Trinajstić information content (AvgIpc) is 2.73. The maximum Gasteiger partial charge on any atom is 0.262 e. The van der Waals surface area contributed by atoms with Crippen molar-refractivity contribution >= 4 is 17.3 Å². The number of hydrogen-bond acceptors (Lipinski definition) is 4. The van der Waals surface area contributed by atoms with Gasteiger partial charge in [0.25, 0.3) is 5.91 Å². The monoisotopic (exact) mass is 365 g/mol. The zero-order valence-electron chi connectivity index (χ0n) is 15.6. The van der Waals surface area contributed by atoms with Crippen LogP contribution in [0.1, 0.15) is 12.5 Å². The Bertz CT molecular complexity index is 823. The smallest absolute Gasteiger partial charge is 0.262 e. The van der Waals surface area contributed by atoms with E-state index in [0.717, 1.165) is 44.1 Å². The van der Waals surface area contributed by atoms with Crippen LogP contribution in [0.25, 0.3) is 0 Å². The number of nitrogens with one attached hydrogen (secondary N) is 2. The maximum absolute atomic E-state index is 12.4. The number of hydrogen-bond donors (Lipinski definition) is 2. The van der Waals surface area contributed by atoms with Gasteiger partial charge < -0.3 is 19.9 Å². The fourth-order valence-corrected chi connectivity index (χ4v) is 3.29. The second kappa shape index (κ2) is 9.06. The average molecular weight is 365 g/mol. The summed E-state index contributed by atoms with van der Waals surface area (Å²) in [6.45, 7) is 7.38. The number of para-hydroxylation sites is 3. The molecule has 0 spiro atoms. The Balaban J connectivity index is 1.62. The molecule has 0 atom stereocenters. The summed E-state index contributed by atoms with van der Waals surface area (Å²) in [5.74, 6) is 0.176. The number of nitriles is 1. The Hall–Kier alpha value is -3.04. The number of anilines is 2. The number of ether oxygens (including phenoxy) is 1. The van der Waals surface area contributed by atoms with Gasteiger partial charge in [-0.3, -0.25) is 4.79 Å². The number of rotatable bonds is 6. The van der Waals surface area contributed by atoms with Crippen LogP contribution >= 0.6 is 0 Å². The molecule has 0 aliphatic carbocycles. The van der Waals surface area contributed by atoms with Crippen LogP contribution < -0.4 is 19.9 Å². The SMILES string of the molecule is CC[NH+]1CCN(c2ccccc2NC(=O)COc2ccccc2C#N)CC1. The van der Waals surface area contributed by atoms with Crippen molar-refractivity contribution in [1.29, 1.82) is 5.26 Å². The molecule has 1 aliphatic heterocycles. The van der Waals surface area contributed by atoms with E-state index in [2.05, 4.69) is 23.2 Å². The Morgan fingerprint density at radius 3 is 2.63 bits per heavy atom. The number of amides is 1. The highest BCUT2D eigenvalue weighted by molar-refractivity contribution is 5.95. The Labute approximate surface area is 160 Å². The van der Waals surface area contributed by atoms with Gasteiger partial charge in [0.05, 0.1) is 49.7 Å². The summed E-state index contributed by atoms with van der Waals surface area (Å²) in [4.78, 5) is 16.3. The summed E-state index contributed by atoms with van der Waals surface area (Å²) >= 11 is 0. The fourth-order valence-electron chi connectivity index (χ4n) is 3.29. The molecule has 0 bridgehead atoms. The van der Waals surface area contributed by atoms with Gasteiger partial charge in [0.1, 0.15) is 11.8 Å². The largest absolute Gasteiger partial charge is 0.482 e. The van der Waals surface area contributed by atoms with Crippen molar-refractivity contribution in [2.75, 3.05) is 49.5 Å². The van der Waals surface area contributed by atoms with Crippen LogP contribution in [0.4, 0.5) is 11.4 Å². The molecule has 1 fully saturated rings. The number of carbonyl (C=O) groups excluding carboxylic acids is 1. The lowest BCUT2D eigenvalue weighted by Crippen LogP contribution is -3.14. The van der Waals surface area contributed by atoms with Crippen LogP contribution in [-0.2, 0) is 4.79 Å². The highest BCUT2D eigenvalue weighted by atomic mass is 16.5. The molecule has 1 aliphatic rings. The van der Waals surface area contributed by atoms with Crippen molar-refractivity contribution < 1.29 is 14.4 Å². The van der Waals surface area contributed by atoms with E-state index in [9.17, 15) is 4.79 Å². The first kappa shape index (κ1) is 18.7. The number of likely N-dealkylation sites (N-methyl/N-ethyl adjacent to an activating group) is 1. The van der Waals surface area contributed by atoms with E-state index >= 15 is 0 Å². The van der Waals surface area contributed by atoms with Gasteiger partial charge >= 0.3 is 0 Å². The number of quaternary nitrogens is 1. The standard InChI is InChI=1S/C21H24N4O2/c1-2-24-11-13-25(14-12-24)19-9-5-4-8-18(19)23-21(26)16-27-20-10-6-3-7-17(20)15-22/h3-10H,2,11-14,16H2,1H3,(H,23,26)/p+1. The van der Waals surface area contributed by atoms with Crippen LogP contribution in [0.5, 0.6) is 5.75 Å². The minimum Gasteiger partial charge on any atom is -0.482 e. The molecular weight excluding hydrogens is 340 g/mol. The molecule has 27 heavy (non-hydrogen) atoms. The third-order valence-electron chi connectivity index (χ3n) is 4.86. The van der Waals surface area contributed by atoms with Gasteiger partial charge in [-0.2, -0.15) is 5.26 Å². The highest BCUT2D eigenvalue weighted by Gasteiger charge is 2.21. The molecule has 1 saturated heterocycles. The number of carbonyl (C=O) groups is 1. The van der Waals surface area contributed by atoms with E-state index in [4.69, 9.17) is 10.00 Å². The Morgan fingerprint density at radius 2 is 1.89 bits per heavy atom. The van der Waals surface area contributed by atoms with Gasteiger partial charge in [0.2, 0.25) is 0 Å². The van der Waals surface area contributed by atoms with Gasteiger partial charge in [-0.25, -0.2) is 0 Å². The quantitative estimate of drug-likeness (QED) is 0.810. The van der Waals surface area contributed by atoms with Crippen LogP contribution in [0.2, 0.25) is 0 Å². The zero-order chi connectivity index (χ0) is 19.1. The third-order valence-corrected chi connectivity index (χ3v) is 4.86. The summed E-state index contributed by atoms with van der Waals surface area (Å²) in [6, 6.07) is 16.8. The molecule has 0 radical (unpaired) electrons.